The van der Waals surface area contributed by atoms with Gasteiger partial charge in [0.15, 0.2) is 11.6 Å². The summed E-state index contributed by atoms with van der Waals surface area (Å²) in [6.45, 7) is 0. The number of aromatic hydroxyl groups is 1. The Kier molecular flexibility index (Phi) is 5.04. The number of hydrogen-bond acceptors (Lipinski definition) is 6. The number of hydrogen-bond donors (Lipinski definition) is 1. The normalized spacial score (nSPS) is 11.4. The van der Waals surface area contributed by atoms with Gasteiger partial charge in [-0.05, 0) is 52.2 Å². The molecule has 0 radical (unpaired) electrons. The van der Waals surface area contributed by atoms with Crippen LogP contribution in [-0.2, 0) is 0 Å². The molecule has 6 heteroatoms. The van der Waals surface area contributed by atoms with Crippen LogP contribution in [0.15, 0.2) is 108 Å². The second-order valence-electron chi connectivity index (χ2n) is 9.01. The summed E-state index contributed by atoms with van der Waals surface area (Å²) in [4.78, 5) is 13.7. The van der Waals surface area contributed by atoms with Crippen molar-refractivity contribution in [2.24, 2.45) is 0 Å². The van der Waals surface area contributed by atoms with E-state index in [1.54, 1.807) is 18.2 Å². The van der Waals surface area contributed by atoms with Gasteiger partial charge in [-0.1, -0.05) is 72.8 Å². The zero-order valence-electron chi connectivity index (χ0n) is 20.4. The molecule has 0 fully saturated rings. The Bertz CT molecular complexity index is 1980. The summed E-state index contributed by atoms with van der Waals surface area (Å²) in [7, 11) is 1.51. The Morgan fingerprint density at radius 3 is 2.11 bits per heavy atom. The number of fused-ring (bicyclic) bond motifs is 5. The van der Waals surface area contributed by atoms with Crippen LogP contribution in [0.4, 0.5) is 0 Å². The lowest BCUT2D eigenvalue weighted by atomic mass is 9.97. The molecule has 38 heavy (non-hydrogen) atoms. The molecule has 0 amide bonds. The summed E-state index contributed by atoms with van der Waals surface area (Å²) in [5.41, 5.74) is 5.06. The third-order valence-electron chi connectivity index (χ3n) is 6.77. The lowest BCUT2D eigenvalue weighted by Crippen LogP contribution is -2.01. The Balaban J connectivity index is 1.49. The van der Waals surface area contributed by atoms with Crippen LogP contribution in [0, 0.1) is 0 Å². The zero-order valence-corrected chi connectivity index (χ0v) is 20.4. The Morgan fingerprint density at radius 1 is 0.605 bits per heavy atom. The van der Waals surface area contributed by atoms with Gasteiger partial charge in [0.05, 0.1) is 12.7 Å². The van der Waals surface area contributed by atoms with Crippen LogP contribution in [-0.4, -0.2) is 27.2 Å². The molecule has 0 aliphatic carbocycles. The Labute approximate surface area is 217 Å². The number of furan rings is 1. The third-order valence-corrected chi connectivity index (χ3v) is 6.77. The van der Waals surface area contributed by atoms with E-state index in [4.69, 9.17) is 14.1 Å². The van der Waals surface area contributed by atoms with E-state index in [1.807, 2.05) is 42.5 Å². The van der Waals surface area contributed by atoms with Crippen molar-refractivity contribution in [3.63, 3.8) is 0 Å². The van der Waals surface area contributed by atoms with Crippen LogP contribution in [0.1, 0.15) is 0 Å². The van der Waals surface area contributed by atoms with Gasteiger partial charge in [0.2, 0.25) is 0 Å². The first-order valence-corrected chi connectivity index (χ1v) is 12.2. The summed E-state index contributed by atoms with van der Waals surface area (Å²) >= 11 is 0. The van der Waals surface area contributed by atoms with E-state index in [9.17, 15) is 5.11 Å². The van der Waals surface area contributed by atoms with Gasteiger partial charge in [-0.2, -0.15) is 9.97 Å². The van der Waals surface area contributed by atoms with E-state index in [-0.39, 0.29) is 11.8 Å². The van der Waals surface area contributed by atoms with E-state index in [0.717, 1.165) is 49.4 Å². The minimum atomic E-state index is 0.0820. The van der Waals surface area contributed by atoms with Crippen molar-refractivity contribution in [3.8, 4) is 45.7 Å². The van der Waals surface area contributed by atoms with Gasteiger partial charge in [0.25, 0.3) is 0 Å². The third kappa shape index (κ3) is 3.54. The second-order valence-corrected chi connectivity index (χ2v) is 9.01. The molecule has 0 atom stereocenters. The molecular formula is C32H21N3O3. The van der Waals surface area contributed by atoms with Gasteiger partial charge in [-0.3, -0.25) is 0 Å². The van der Waals surface area contributed by atoms with Crippen LogP contribution >= 0.6 is 0 Å². The van der Waals surface area contributed by atoms with Crippen LogP contribution < -0.4 is 4.74 Å². The predicted molar refractivity (Wildman–Crippen MR) is 149 cm³/mol. The molecule has 0 aliphatic heterocycles. The number of phenolic OH excluding ortho intramolecular Hbond substituents is 1. The van der Waals surface area contributed by atoms with Crippen LogP contribution in [0.3, 0.4) is 0 Å². The highest BCUT2D eigenvalue weighted by Gasteiger charge is 2.19. The molecule has 0 saturated carbocycles. The maximum absolute atomic E-state index is 10.4. The number of benzene rings is 5. The summed E-state index contributed by atoms with van der Waals surface area (Å²) in [5, 5.41) is 14.5. The van der Waals surface area contributed by atoms with Gasteiger partial charge in [0.1, 0.15) is 16.9 Å². The number of phenols is 1. The van der Waals surface area contributed by atoms with Crippen molar-refractivity contribution in [2.45, 2.75) is 0 Å². The van der Waals surface area contributed by atoms with Crippen LogP contribution in [0.2, 0.25) is 0 Å². The molecule has 7 aromatic rings. The molecular weight excluding hydrogens is 474 g/mol. The highest BCUT2D eigenvalue weighted by atomic mass is 16.5. The quantitative estimate of drug-likeness (QED) is 0.270. The molecule has 0 bridgehead atoms. The molecule has 182 valence electrons. The first-order valence-electron chi connectivity index (χ1n) is 12.2. The topological polar surface area (TPSA) is 81.3 Å². The average Bonchev–Trinajstić information content (AvgIpc) is 3.35. The molecule has 0 spiro atoms. The zero-order chi connectivity index (χ0) is 25.6. The smallest absolute Gasteiger partial charge is 0.320 e. The minimum absolute atomic E-state index is 0.0820. The molecule has 2 heterocycles. The fourth-order valence-corrected chi connectivity index (χ4v) is 4.99. The number of aromatic nitrogens is 3. The highest BCUT2D eigenvalue weighted by molar-refractivity contribution is 6.22. The summed E-state index contributed by atoms with van der Waals surface area (Å²) in [5.74, 6) is 0.836. The Hall–Kier alpha value is -5.23. The fourth-order valence-electron chi connectivity index (χ4n) is 4.99. The number of methoxy groups -OCH3 is 1. The van der Waals surface area contributed by atoms with Crippen molar-refractivity contribution >= 4 is 32.7 Å². The van der Waals surface area contributed by atoms with Crippen molar-refractivity contribution in [3.05, 3.63) is 103 Å². The van der Waals surface area contributed by atoms with Gasteiger partial charge in [-0.15, -0.1) is 0 Å². The van der Waals surface area contributed by atoms with Crippen molar-refractivity contribution in [2.75, 3.05) is 7.11 Å². The predicted octanol–water partition coefficient (Wildman–Crippen LogP) is 7.64. The number of rotatable bonds is 4. The largest absolute Gasteiger partial charge is 0.507 e. The SMILES string of the molecule is COc1nc(-c2ccccc2O)nc(-c2cc3oc4cc(-c5ccccc5)ccc4c3c3ccccc23)n1. The molecule has 0 unspecified atom stereocenters. The van der Waals surface area contributed by atoms with E-state index >= 15 is 0 Å². The maximum atomic E-state index is 10.4. The average molecular weight is 496 g/mol. The monoisotopic (exact) mass is 495 g/mol. The molecule has 0 saturated heterocycles. The van der Waals surface area contributed by atoms with E-state index in [2.05, 4.69) is 52.4 Å². The van der Waals surface area contributed by atoms with E-state index in [0.29, 0.717) is 17.2 Å². The first kappa shape index (κ1) is 22.0. The number of para-hydroxylation sites is 1. The Morgan fingerprint density at radius 2 is 1.32 bits per heavy atom. The van der Waals surface area contributed by atoms with Crippen LogP contribution in [0.5, 0.6) is 11.8 Å². The lowest BCUT2D eigenvalue weighted by Gasteiger charge is -2.10. The molecule has 1 N–H and O–H groups in total. The summed E-state index contributed by atoms with van der Waals surface area (Å²) in [6.07, 6.45) is 0. The second kappa shape index (κ2) is 8.71. The first-order chi connectivity index (χ1) is 18.7. The molecule has 7 rings (SSSR count). The summed E-state index contributed by atoms with van der Waals surface area (Å²) in [6, 6.07) is 33.8. The van der Waals surface area contributed by atoms with Crippen molar-refractivity contribution < 1.29 is 14.3 Å². The fraction of sp³-hybridized carbons (Fsp3) is 0.0312. The maximum Gasteiger partial charge on any atom is 0.320 e. The minimum Gasteiger partial charge on any atom is -0.507 e. The molecule has 6 nitrogen and oxygen atoms in total. The number of ether oxygens (including phenoxy) is 1. The van der Waals surface area contributed by atoms with Crippen LogP contribution in [0.25, 0.3) is 66.6 Å². The molecule has 5 aromatic carbocycles. The van der Waals surface area contributed by atoms with Crippen molar-refractivity contribution in [1.29, 1.82) is 0 Å². The standard InChI is InChI=1S/C32H21N3O3/c1-37-32-34-30(23-13-7-8-14-26(23)36)33-31(35-32)25-18-28-29(22-12-6-5-11-21(22)25)24-16-15-20(17-27(24)38-28)19-9-3-2-4-10-19/h2-18,36H,1H3. The van der Waals surface area contributed by atoms with E-state index < -0.39 is 0 Å². The van der Waals surface area contributed by atoms with Gasteiger partial charge in [-0.25, -0.2) is 4.98 Å². The van der Waals surface area contributed by atoms with Crippen molar-refractivity contribution in [1.82, 2.24) is 15.0 Å². The number of nitrogens with zero attached hydrogens (tertiary/aromatic N) is 3. The van der Waals surface area contributed by atoms with Gasteiger partial charge < -0.3 is 14.3 Å². The highest BCUT2D eigenvalue weighted by Crippen LogP contribution is 2.41. The molecule has 0 aliphatic rings. The van der Waals surface area contributed by atoms with Gasteiger partial charge >= 0.3 is 6.01 Å². The van der Waals surface area contributed by atoms with Gasteiger partial charge in [0, 0.05) is 16.3 Å². The lowest BCUT2D eigenvalue weighted by molar-refractivity contribution is 0.379. The summed E-state index contributed by atoms with van der Waals surface area (Å²) < 4.78 is 11.8. The van der Waals surface area contributed by atoms with E-state index in [1.165, 1.54) is 7.11 Å². The molecule has 2 aromatic heterocycles.